The van der Waals surface area contributed by atoms with Crippen LogP contribution in [0.25, 0.3) is 0 Å². The maximum Gasteiger partial charge on any atom is 0.311 e. The lowest BCUT2D eigenvalue weighted by Gasteiger charge is -2.39. The number of ether oxygens (including phenoxy) is 1. The molecule has 1 heterocycles. The van der Waals surface area contributed by atoms with Crippen molar-refractivity contribution in [1.29, 1.82) is 0 Å². The van der Waals surface area contributed by atoms with Gasteiger partial charge >= 0.3 is 5.69 Å². The monoisotopic (exact) mass is 293 g/mol. The van der Waals surface area contributed by atoms with E-state index in [9.17, 15) is 10.1 Å². The molecule has 6 heteroatoms. The fourth-order valence-electron chi connectivity index (χ4n) is 2.42. The number of nitrogens with zero attached hydrogens (tertiary/aromatic N) is 2. The quantitative estimate of drug-likeness (QED) is 0.589. The number of rotatable bonds is 8. The largest absolute Gasteiger partial charge is 0.487 e. The minimum atomic E-state index is -0.385. The number of hydrogen-bond acceptors (Lipinski definition) is 5. The third-order valence-corrected chi connectivity index (χ3v) is 3.60. The van der Waals surface area contributed by atoms with Gasteiger partial charge in [0.2, 0.25) is 0 Å². The van der Waals surface area contributed by atoms with E-state index in [0.29, 0.717) is 18.4 Å². The highest BCUT2D eigenvalue weighted by molar-refractivity contribution is 5.60. The van der Waals surface area contributed by atoms with Crippen molar-refractivity contribution in [1.82, 2.24) is 5.32 Å². The molecule has 2 rings (SSSR count). The minimum Gasteiger partial charge on any atom is -0.487 e. The van der Waals surface area contributed by atoms with Gasteiger partial charge in [0.15, 0.2) is 5.75 Å². The molecule has 0 unspecified atom stereocenters. The van der Waals surface area contributed by atoms with E-state index >= 15 is 0 Å². The molecule has 0 aromatic heterocycles. The zero-order valence-electron chi connectivity index (χ0n) is 12.7. The van der Waals surface area contributed by atoms with Gasteiger partial charge in [-0.3, -0.25) is 10.1 Å². The van der Waals surface area contributed by atoms with Gasteiger partial charge in [-0.05, 0) is 18.9 Å². The SMILES string of the molecule is CCCOc1cc(N(CCC)C2CNC2)ccc1[N+](=O)[O-]. The Bertz CT molecular complexity index is 489. The fourth-order valence-corrected chi connectivity index (χ4v) is 2.42. The van der Waals surface area contributed by atoms with E-state index in [1.165, 1.54) is 0 Å². The van der Waals surface area contributed by atoms with Crippen LogP contribution in [0, 0.1) is 10.1 Å². The van der Waals surface area contributed by atoms with Gasteiger partial charge in [-0.1, -0.05) is 13.8 Å². The predicted octanol–water partition coefficient (Wildman–Crippen LogP) is 2.57. The van der Waals surface area contributed by atoms with Crippen LogP contribution < -0.4 is 15.0 Å². The Kier molecular flexibility index (Phi) is 5.38. The first kappa shape index (κ1) is 15.6. The van der Waals surface area contributed by atoms with Gasteiger partial charge in [0.05, 0.1) is 17.6 Å². The molecule has 1 aliphatic rings. The molecule has 0 bridgehead atoms. The first-order valence-corrected chi connectivity index (χ1v) is 7.56. The summed E-state index contributed by atoms with van der Waals surface area (Å²) >= 11 is 0. The fraction of sp³-hybridized carbons (Fsp3) is 0.600. The van der Waals surface area contributed by atoms with Crippen LogP contribution in [0.2, 0.25) is 0 Å². The van der Waals surface area contributed by atoms with Gasteiger partial charge in [-0.2, -0.15) is 0 Å². The smallest absolute Gasteiger partial charge is 0.311 e. The number of nitro groups is 1. The molecule has 0 aliphatic carbocycles. The second kappa shape index (κ2) is 7.26. The van der Waals surface area contributed by atoms with Crippen LogP contribution in [0.5, 0.6) is 5.75 Å². The molecule has 0 amide bonds. The molecule has 1 saturated heterocycles. The van der Waals surface area contributed by atoms with Gasteiger partial charge in [0, 0.05) is 37.5 Å². The molecule has 1 fully saturated rings. The number of hydrogen-bond donors (Lipinski definition) is 1. The van der Waals surface area contributed by atoms with Crippen LogP contribution in [0.3, 0.4) is 0 Å². The van der Waals surface area contributed by atoms with Gasteiger partial charge in [-0.25, -0.2) is 0 Å². The molecular weight excluding hydrogens is 270 g/mol. The summed E-state index contributed by atoms with van der Waals surface area (Å²) in [6, 6.07) is 5.65. The standard InChI is InChI=1S/C15H23N3O3/c1-3-7-17(13-10-16-11-13)12-5-6-14(18(19)20)15(9-12)21-8-4-2/h5-6,9,13,16H,3-4,7-8,10-11H2,1-2H3. The van der Waals surface area contributed by atoms with Crippen LogP contribution >= 0.6 is 0 Å². The number of anilines is 1. The van der Waals surface area contributed by atoms with Crippen LogP contribution in [0.1, 0.15) is 26.7 Å². The molecule has 0 atom stereocenters. The highest BCUT2D eigenvalue weighted by Crippen LogP contribution is 2.33. The van der Waals surface area contributed by atoms with Crippen LogP contribution in [-0.4, -0.2) is 37.2 Å². The summed E-state index contributed by atoms with van der Waals surface area (Å²) in [5.41, 5.74) is 1.04. The average molecular weight is 293 g/mol. The molecule has 0 saturated carbocycles. The van der Waals surface area contributed by atoms with Gasteiger partial charge in [0.1, 0.15) is 0 Å². The second-order valence-electron chi connectivity index (χ2n) is 5.26. The van der Waals surface area contributed by atoms with Crippen LogP contribution in [0.4, 0.5) is 11.4 Å². The molecule has 1 aromatic carbocycles. The molecule has 0 spiro atoms. The molecule has 116 valence electrons. The lowest BCUT2D eigenvalue weighted by atomic mass is 10.1. The van der Waals surface area contributed by atoms with E-state index in [0.717, 1.165) is 38.2 Å². The highest BCUT2D eigenvalue weighted by Gasteiger charge is 2.26. The first-order chi connectivity index (χ1) is 10.2. The van der Waals surface area contributed by atoms with Gasteiger partial charge < -0.3 is 15.0 Å². The normalized spacial score (nSPS) is 14.6. The Morgan fingerprint density at radius 2 is 2.14 bits per heavy atom. The summed E-state index contributed by atoms with van der Waals surface area (Å²) in [4.78, 5) is 13.0. The molecule has 1 aliphatic heterocycles. The molecular formula is C15H23N3O3. The highest BCUT2D eigenvalue weighted by atomic mass is 16.6. The first-order valence-electron chi connectivity index (χ1n) is 7.56. The number of benzene rings is 1. The predicted molar refractivity (Wildman–Crippen MR) is 83.2 cm³/mol. The summed E-state index contributed by atoms with van der Waals surface area (Å²) in [5.74, 6) is 0.368. The third-order valence-electron chi connectivity index (χ3n) is 3.60. The Morgan fingerprint density at radius 1 is 1.38 bits per heavy atom. The van der Waals surface area contributed by atoms with Crippen LogP contribution in [0.15, 0.2) is 18.2 Å². The van der Waals surface area contributed by atoms with Gasteiger partial charge in [0.25, 0.3) is 0 Å². The third kappa shape index (κ3) is 3.64. The van der Waals surface area contributed by atoms with Crippen molar-refractivity contribution in [2.45, 2.75) is 32.7 Å². The Labute approximate surface area is 125 Å². The Balaban J connectivity index is 2.27. The van der Waals surface area contributed by atoms with E-state index in [1.54, 1.807) is 6.07 Å². The summed E-state index contributed by atoms with van der Waals surface area (Å²) in [5, 5.41) is 14.4. The van der Waals surface area contributed by atoms with Crippen molar-refractivity contribution in [3.8, 4) is 5.75 Å². The van der Waals surface area contributed by atoms with E-state index in [-0.39, 0.29) is 10.6 Å². The van der Waals surface area contributed by atoms with E-state index < -0.39 is 0 Å². The Morgan fingerprint density at radius 3 is 2.67 bits per heavy atom. The van der Waals surface area contributed by atoms with E-state index in [1.807, 2.05) is 19.1 Å². The van der Waals surface area contributed by atoms with Gasteiger partial charge in [-0.15, -0.1) is 0 Å². The maximum atomic E-state index is 11.1. The number of nitro benzene ring substituents is 1. The van der Waals surface area contributed by atoms with E-state index in [4.69, 9.17) is 4.74 Å². The topological polar surface area (TPSA) is 67.6 Å². The van der Waals surface area contributed by atoms with Crippen molar-refractivity contribution < 1.29 is 9.66 Å². The van der Waals surface area contributed by atoms with Crippen molar-refractivity contribution in [3.05, 3.63) is 28.3 Å². The zero-order chi connectivity index (χ0) is 15.2. The minimum absolute atomic E-state index is 0.0374. The van der Waals surface area contributed by atoms with Crippen molar-refractivity contribution in [2.75, 3.05) is 31.1 Å². The Hall–Kier alpha value is -1.82. The van der Waals surface area contributed by atoms with Crippen molar-refractivity contribution in [2.24, 2.45) is 0 Å². The van der Waals surface area contributed by atoms with E-state index in [2.05, 4.69) is 17.1 Å². The molecule has 1 N–H and O–H groups in total. The summed E-state index contributed by atoms with van der Waals surface area (Å²) in [6.45, 7) is 7.47. The zero-order valence-corrected chi connectivity index (χ0v) is 12.7. The van der Waals surface area contributed by atoms with Crippen molar-refractivity contribution in [3.63, 3.8) is 0 Å². The lowest BCUT2D eigenvalue weighted by molar-refractivity contribution is -0.385. The molecule has 1 aromatic rings. The molecule has 21 heavy (non-hydrogen) atoms. The maximum absolute atomic E-state index is 11.1. The summed E-state index contributed by atoms with van der Waals surface area (Å²) < 4.78 is 5.56. The van der Waals surface area contributed by atoms with Crippen molar-refractivity contribution >= 4 is 11.4 Å². The number of nitrogens with one attached hydrogen (secondary N) is 1. The molecule has 6 nitrogen and oxygen atoms in total. The summed E-state index contributed by atoms with van der Waals surface area (Å²) in [7, 11) is 0. The summed E-state index contributed by atoms with van der Waals surface area (Å²) in [6.07, 6.45) is 1.87. The second-order valence-corrected chi connectivity index (χ2v) is 5.26. The lowest BCUT2D eigenvalue weighted by Crippen LogP contribution is -2.57. The average Bonchev–Trinajstić information content (AvgIpc) is 2.42. The van der Waals surface area contributed by atoms with Crippen LogP contribution in [-0.2, 0) is 0 Å². The molecule has 0 radical (unpaired) electrons.